The van der Waals surface area contributed by atoms with E-state index in [0.717, 1.165) is 27.5 Å². The van der Waals surface area contributed by atoms with E-state index in [2.05, 4.69) is 21.0 Å². The molecule has 146 valence electrons. The monoisotopic (exact) mass is 481 g/mol. The fourth-order valence-electron chi connectivity index (χ4n) is 2.70. The number of hydrogen-bond donors (Lipinski definition) is 1. The molecule has 1 aromatic heterocycles. The summed E-state index contributed by atoms with van der Waals surface area (Å²) in [5.74, 6) is -0.556. The summed E-state index contributed by atoms with van der Waals surface area (Å²) in [5, 5.41) is 5.29. The Bertz CT molecular complexity index is 1110. The molecule has 6 nitrogen and oxygen atoms in total. The number of amides is 1. The number of aromatic nitrogens is 2. The Morgan fingerprint density at radius 1 is 1.21 bits per heavy atom. The van der Waals surface area contributed by atoms with E-state index < -0.39 is 15.9 Å². The summed E-state index contributed by atoms with van der Waals surface area (Å²) in [5.41, 5.74) is 3.25. The molecule has 2 aromatic carbocycles. The largest absolute Gasteiger partial charge is 0.274 e. The zero-order valence-corrected chi connectivity index (χ0v) is 18.1. The molecule has 3 aromatic rings. The number of halogens is 2. The van der Waals surface area contributed by atoms with Crippen LogP contribution in [-0.2, 0) is 21.2 Å². The minimum absolute atomic E-state index is 0.0256. The zero-order valence-electron chi connectivity index (χ0n) is 14.9. The Kier molecular flexibility index (Phi) is 6.22. The number of nitrogens with zero attached hydrogens (tertiary/aromatic N) is 2. The first kappa shape index (κ1) is 20.6. The Morgan fingerprint density at radius 3 is 2.57 bits per heavy atom. The van der Waals surface area contributed by atoms with Crippen molar-refractivity contribution >= 4 is 43.5 Å². The van der Waals surface area contributed by atoms with Crippen molar-refractivity contribution in [1.29, 1.82) is 0 Å². The Balaban J connectivity index is 1.94. The second-order valence-corrected chi connectivity index (χ2v) is 9.33. The van der Waals surface area contributed by atoms with Gasteiger partial charge in [-0.3, -0.25) is 9.52 Å². The van der Waals surface area contributed by atoms with Crippen LogP contribution in [0, 0.1) is 0 Å². The second kappa shape index (κ2) is 8.46. The summed E-state index contributed by atoms with van der Waals surface area (Å²) < 4.78 is 27.1. The summed E-state index contributed by atoms with van der Waals surface area (Å²) in [6.07, 6.45) is 3.17. The zero-order chi connectivity index (χ0) is 20.3. The van der Waals surface area contributed by atoms with Crippen molar-refractivity contribution in [2.45, 2.75) is 12.8 Å². The molecular formula is C19H17BrClN3O3S. The highest BCUT2D eigenvalue weighted by Gasteiger charge is 2.15. The topological polar surface area (TPSA) is 81.1 Å². The van der Waals surface area contributed by atoms with Crippen LogP contribution in [0.25, 0.3) is 16.9 Å². The molecule has 0 bridgehead atoms. The summed E-state index contributed by atoms with van der Waals surface area (Å²) >= 11 is 9.43. The molecule has 9 heteroatoms. The van der Waals surface area contributed by atoms with Gasteiger partial charge in [0.2, 0.25) is 15.9 Å². The number of nitrogens with one attached hydrogen (secondary N) is 1. The fourth-order valence-corrected chi connectivity index (χ4v) is 3.73. The molecule has 0 fully saturated rings. The molecule has 1 amide bonds. The normalized spacial score (nSPS) is 11.4. The van der Waals surface area contributed by atoms with E-state index in [4.69, 9.17) is 11.6 Å². The van der Waals surface area contributed by atoms with Crippen LogP contribution in [0.15, 0.2) is 59.2 Å². The molecule has 0 aliphatic carbocycles. The number of aryl methyl sites for hydroxylation is 1. The predicted molar refractivity (Wildman–Crippen MR) is 113 cm³/mol. The van der Waals surface area contributed by atoms with E-state index in [0.29, 0.717) is 17.1 Å². The van der Waals surface area contributed by atoms with Gasteiger partial charge in [0.1, 0.15) is 0 Å². The molecule has 3 rings (SSSR count). The van der Waals surface area contributed by atoms with Crippen LogP contribution in [0.4, 0.5) is 0 Å². The average molecular weight is 483 g/mol. The highest BCUT2D eigenvalue weighted by atomic mass is 79.9. The standard InChI is InChI=1S/C19H17BrClN3O3S/c1-28(26,27)23-18(25)10-7-14-12-24(17-4-2-3-15(20)11-17)22-19(14)13-5-8-16(21)9-6-13/h2-6,8-9,11-12H,7,10H2,1H3,(H,23,25). The molecular weight excluding hydrogens is 466 g/mol. The van der Waals surface area contributed by atoms with Gasteiger partial charge in [0.15, 0.2) is 0 Å². The van der Waals surface area contributed by atoms with Crippen molar-refractivity contribution < 1.29 is 13.2 Å². The Hall–Kier alpha value is -2.16. The maximum atomic E-state index is 11.9. The first-order valence-electron chi connectivity index (χ1n) is 8.32. The lowest BCUT2D eigenvalue weighted by Crippen LogP contribution is -2.29. The lowest BCUT2D eigenvalue weighted by Gasteiger charge is -2.04. The minimum atomic E-state index is -3.58. The van der Waals surface area contributed by atoms with Crippen LogP contribution in [-0.4, -0.2) is 30.4 Å². The first-order valence-corrected chi connectivity index (χ1v) is 11.4. The minimum Gasteiger partial charge on any atom is -0.274 e. The summed E-state index contributed by atoms with van der Waals surface area (Å²) in [4.78, 5) is 11.9. The van der Waals surface area contributed by atoms with Crippen LogP contribution in [0.1, 0.15) is 12.0 Å². The molecule has 0 aliphatic rings. The molecule has 0 atom stereocenters. The van der Waals surface area contributed by atoms with E-state index in [1.807, 2.05) is 47.3 Å². The number of carbonyl (C=O) groups excluding carboxylic acids is 1. The van der Waals surface area contributed by atoms with Gasteiger partial charge in [-0.25, -0.2) is 13.1 Å². The van der Waals surface area contributed by atoms with Gasteiger partial charge in [0.05, 0.1) is 17.6 Å². The fraction of sp³-hybridized carbons (Fsp3) is 0.158. The molecule has 1 N–H and O–H groups in total. The molecule has 28 heavy (non-hydrogen) atoms. The lowest BCUT2D eigenvalue weighted by molar-refractivity contribution is -0.119. The summed E-state index contributed by atoms with van der Waals surface area (Å²) in [6, 6.07) is 14.9. The predicted octanol–water partition coefficient (Wildman–Crippen LogP) is 3.96. The maximum Gasteiger partial charge on any atom is 0.233 e. The number of sulfonamides is 1. The third-order valence-electron chi connectivity index (χ3n) is 3.90. The Morgan fingerprint density at radius 2 is 1.93 bits per heavy atom. The molecule has 0 unspecified atom stereocenters. The van der Waals surface area contributed by atoms with Crippen molar-refractivity contribution in [3.63, 3.8) is 0 Å². The molecule has 0 radical (unpaired) electrons. The first-order chi connectivity index (χ1) is 13.2. The number of hydrogen-bond acceptors (Lipinski definition) is 4. The molecule has 0 saturated heterocycles. The van der Waals surface area contributed by atoms with Gasteiger partial charge in [-0.15, -0.1) is 0 Å². The number of carbonyl (C=O) groups is 1. The van der Waals surface area contributed by atoms with Crippen molar-refractivity contribution in [3.8, 4) is 16.9 Å². The van der Waals surface area contributed by atoms with Gasteiger partial charge < -0.3 is 0 Å². The maximum absolute atomic E-state index is 11.9. The van der Waals surface area contributed by atoms with E-state index in [1.165, 1.54) is 0 Å². The highest BCUT2D eigenvalue weighted by Crippen LogP contribution is 2.27. The van der Waals surface area contributed by atoms with Crippen molar-refractivity contribution in [2.75, 3.05) is 6.26 Å². The van der Waals surface area contributed by atoms with E-state index >= 15 is 0 Å². The van der Waals surface area contributed by atoms with Gasteiger partial charge >= 0.3 is 0 Å². The van der Waals surface area contributed by atoms with E-state index in [-0.39, 0.29) is 6.42 Å². The third-order valence-corrected chi connectivity index (χ3v) is 5.24. The van der Waals surface area contributed by atoms with Crippen molar-refractivity contribution in [3.05, 3.63) is 69.8 Å². The average Bonchev–Trinajstić information content (AvgIpc) is 3.03. The quantitative estimate of drug-likeness (QED) is 0.576. The summed E-state index contributed by atoms with van der Waals surface area (Å²) in [7, 11) is -3.58. The molecule has 0 aliphatic heterocycles. The number of benzene rings is 2. The van der Waals surface area contributed by atoms with Gasteiger partial charge in [0.25, 0.3) is 0 Å². The SMILES string of the molecule is CS(=O)(=O)NC(=O)CCc1cn(-c2cccc(Br)c2)nc1-c1ccc(Cl)cc1. The van der Waals surface area contributed by atoms with Gasteiger partial charge in [-0.1, -0.05) is 45.7 Å². The van der Waals surface area contributed by atoms with Crippen LogP contribution >= 0.6 is 27.5 Å². The molecule has 0 saturated carbocycles. The smallest absolute Gasteiger partial charge is 0.233 e. The molecule has 0 spiro atoms. The summed E-state index contributed by atoms with van der Waals surface area (Å²) in [6.45, 7) is 0. The molecule has 1 heterocycles. The van der Waals surface area contributed by atoms with Gasteiger partial charge in [-0.2, -0.15) is 5.10 Å². The third kappa shape index (κ3) is 5.43. The van der Waals surface area contributed by atoms with Gasteiger partial charge in [-0.05, 0) is 42.3 Å². The van der Waals surface area contributed by atoms with E-state index in [9.17, 15) is 13.2 Å². The Labute approximate surface area is 176 Å². The van der Waals surface area contributed by atoms with Crippen LogP contribution < -0.4 is 4.72 Å². The lowest BCUT2D eigenvalue weighted by atomic mass is 10.0. The number of rotatable bonds is 6. The van der Waals surface area contributed by atoms with Crippen LogP contribution in [0.5, 0.6) is 0 Å². The van der Waals surface area contributed by atoms with Crippen molar-refractivity contribution in [2.24, 2.45) is 0 Å². The highest BCUT2D eigenvalue weighted by molar-refractivity contribution is 9.10. The van der Waals surface area contributed by atoms with Crippen LogP contribution in [0.3, 0.4) is 0 Å². The van der Waals surface area contributed by atoms with Gasteiger partial charge in [0, 0.05) is 27.7 Å². The van der Waals surface area contributed by atoms with E-state index in [1.54, 1.807) is 16.8 Å². The van der Waals surface area contributed by atoms with Crippen molar-refractivity contribution in [1.82, 2.24) is 14.5 Å². The van der Waals surface area contributed by atoms with Crippen LogP contribution in [0.2, 0.25) is 5.02 Å². The second-order valence-electron chi connectivity index (χ2n) is 6.23.